The molecule has 3 heteroatoms. The Morgan fingerprint density at radius 2 is 1.12 bits per heavy atom. The maximum atomic E-state index is 6.37. The minimum Gasteiger partial charge on any atom is -0.456 e. The van der Waals surface area contributed by atoms with E-state index in [4.69, 9.17) is 4.42 Å². The Bertz CT molecular complexity index is 3020. The van der Waals surface area contributed by atoms with E-state index in [9.17, 15) is 0 Å². The van der Waals surface area contributed by atoms with Crippen molar-refractivity contribution < 1.29 is 4.42 Å². The third kappa shape index (κ3) is 4.25. The van der Waals surface area contributed by atoms with Crippen molar-refractivity contribution in [3.8, 4) is 33.6 Å². The van der Waals surface area contributed by atoms with Crippen LogP contribution in [0.15, 0.2) is 168 Å². The Morgan fingerprint density at radius 3 is 1.98 bits per heavy atom. The Morgan fingerprint density at radius 1 is 0.431 bits per heavy atom. The first kappa shape index (κ1) is 28.3. The maximum Gasteiger partial charge on any atom is 0.136 e. The zero-order valence-electron chi connectivity index (χ0n) is 27.9. The van der Waals surface area contributed by atoms with Crippen molar-refractivity contribution >= 4 is 60.7 Å². The lowest BCUT2D eigenvalue weighted by atomic mass is 9.97. The summed E-state index contributed by atoms with van der Waals surface area (Å²) in [6.07, 6.45) is 6.77. The second kappa shape index (κ2) is 11.0. The number of rotatable bonds is 4. The number of hydrogen-bond acceptors (Lipinski definition) is 1. The first-order chi connectivity index (χ1) is 25.3. The average Bonchev–Trinajstić information content (AvgIpc) is 3.86. The largest absolute Gasteiger partial charge is 0.456 e. The summed E-state index contributed by atoms with van der Waals surface area (Å²) in [5.74, 6) is 0. The van der Waals surface area contributed by atoms with Crippen LogP contribution in [0.4, 0.5) is 0 Å². The molecule has 0 bridgehead atoms. The monoisotopic (exact) mass is 652 g/mol. The van der Waals surface area contributed by atoms with Gasteiger partial charge in [0.1, 0.15) is 11.2 Å². The molecule has 1 aliphatic rings. The van der Waals surface area contributed by atoms with E-state index in [1.807, 2.05) is 6.07 Å². The molecular formula is C48H32N2O. The van der Waals surface area contributed by atoms with Crippen LogP contribution < -0.4 is 0 Å². The predicted molar refractivity (Wildman–Crippen MR) is 213 cm³/mol. The molecule has 0 saturated carbocycles. The van der Waals surface area contributed by atoms with E-state index in [1.165, 1.54) is 71.8 Å². The molecule has 0 radical (unpaired) electrons. The van der Waals surface area contributed by atoms with Gasteiger partial charge in [-0.3, -0.25) is 0 Å². The average molecular weight is 653 g/mol. The topological polar surface area (TPSA) is 23.0 Å². The number of furan rings is 1. The highest BCUT2D eigenvalue weighted by molar-refractivity contribution is 6.27. The van der Waals surface area contributed by atoms with E-state index < -0.39 is 0 Å². The number of hydrogen-bond donors (Lipinski definition) is 0. The summed E-state index contributed by atoms with van der Waals surface area (Å²) in [5.41, 5.74) is 15.2. The van der Waals surface area contributed by atoms with Crippen molar-refractivity contribution in [2.75, 3.05) is 0 Å². The van der Waals surface area contributed by atoms with Gasteiger partial charge in [-0.05, 0) is 107 Å². The fraction of sp³-hybridized carbons (Fsp3) is 0.0417. The van der Waals surface area contributed by atoms with Gasteiger partial charge in [0.25, 0.3) is 0 Å². The van der Waals surface area contributed by atoms with E-state index in [1.54, 1.807) is 0 Å². The van der Waals surface area contributed by atoms with E-state index in [0.717, 1.165) is 40.6 Å². The molecule has 0 spiro atoms. The fourth-order valence-corrected chi connectivity index (χ4v) is 8.55. The van der Waals surface area contributed by atoms with Crippen LogP contribution >= 0.6 is 0 Å². The molecule has 0 saturated heterocycles. The Kier molecular flexibility index (Phi) is 6.08. The number of allylic oxidation sites excluding steroid dienone is 1. The number of nitrogens with zero attached hydrogens (tertiary/aromatic N) is 2. The molecule has 3 nitrogen and oxygen atoms in total. The third-order valence-electron chi connectivity index (χ3n) is 10.8. The lowest BCUT2D eigenvalue weighted by Crippen LogP contribution is -2.00. The quantitative estimate of drug-likeness (QED) is 0.186. The molecule has 1 aliphatic carbocycles. The molecule has 7 aromatic carbocycles. The Hall–Kier alpha value is -6.58. The highest BCUT2D eigenvalue weighted by atomic mass is 16.3. The maximum absolute atomic E-state index is 6.37. The SMILES string of the molecule is C1=Cc2c(c3ccccc3n2-c2cccc(-c3cc(-c4ccccc4)cc(-n4c5ccccc5c5c6c(ccc54)oc4ccccc46)c3)c2)CC1. The van der Waals surface area contributed by atoms with Crippen molar-refractivity contribution in [1.29, 1.82) is 0 Å². The second-order valence-electron chi connectivity index (χ2n) is 13.6. The first-order valence-corrected chi connectivity index (χ1v) is 17.7. The second-order valence-corrected chi connectivity index (χ2v) is 13.6. The number of aryl methyl sites for hydroxylation is 1. The summed E-state index contributed by atoms with van der Waals surface area (Å²) in [4.78, 5) is 0. The van der Waals surface area contributed by atoms with Crippen LogP contribution in [0.5, 0.6) is 0 Å². The summed E-state index contributed by atoms with van der Waals surface area (Å²) in [5, 5.41) is 6.10. The van der Waals surface area contributed by atoms with Crippen molar-refractivity contribution in [3.05, 3.63) is 175 Å². The van der Waals surface area contributed by atoms with E-state index >= 15 is 0 Å². The summed E-state index contributed by atoms with van der Waals surface area (Å²) >= 11 is 0. The lowest BCUT2D eigenvalue weighted by molar-refractivity contribution is 0.669. The van der Waals surface area contributed by atoms with Crippen LogP contribution in [-0.4, -0.2) is 9.13 Å². The first-order valence-electron chi connectivity index (χ1n) is 17.7. The Balaban J connectivity index is 1.18. The number of fused-ring (bicyclic) bond motifs is 10. The van der Waals surface area contributed by atoms with E-state index in [2.05, 4.69) is 173 Å². The molecule has 0 aliphatic heterocycles. The van der Waals surface area contributed by atoms with Gasteiger partial charge in [-0.1, -0.05) is 103 Å². The van der Waals surface area contributed by atoms with Crippen molar-refractivity contribution in [3.63, 3.8) is 0 Å². The highest BCUT2D eigenvalue weighted by Gasteiger charge is 2.21. The molecular weight excluding hydrogens is 621 g/mol. The van der Waals surface area contributed by atoms with Gasteiger partial charge >= 0.3 is 0 Å². The predicted octanol–water partition coefficient (Wildman–Crippen LogP) is 12.9. The summed E-state index contributed by atoms with van der Waals surface area (Å²) in [6.45, 7) is 0. The lowest BCUT2D eigenvalue weighted by Gasteiger charge is -2.16. The molecule has 0 amide bonds. The fourth-order valence-electron chi connectivity index (χ4n) is 8.55. The van der Waals surface area contributed by atoms with Crippen LogP contribution in [0.1, 0.15) is 17.7 Å². The van der Waals surface area contributed by atoms with Crippen molar-refractivity contribution in [1.82, 2.24) is 9.13 Å². The van der Waals surface area contributed by atoms with Gasteiger partial charge in [-0.15, -0.1) is 0 Å². The molecule has 240 valence electrons. The highest BCUT2D eigenvalue weighted by Crippen LogP contribution is 2.42. The molecule has 3 heterocycles. The summed E-state index contributed by atoms with van der Waals surface area (Å²) in [6, 6.07) is 57.2. The van der Waals surface area contributed by atoms with Crippen LogP contribution in [0.2, 0.25) is 0 Å². The molecule has 0 atom stereocenters. The third-order valence-corrected chi connectivity index (χ3v) is 10.8. The molecule has 0 N–H and O–H groups in total. The number of aromatic nitrogens is 2. The molecule has 11 rings (SSSR count). The number of para-hydroxylation sites is 3. The minimum atomic E-state index is 0.914. The van der Waals surface area contributed by atoms with E-state index in [-0.39, 0.29) is 0 Å². The Labute approximate surface area is 294 Å². The molecule has 51 heavy (non-hydrogen) atoms. The van der Waals surface area contributed by atoms with Crippen molar-refractivity contribution in [2.24, 2.45) is 0 Å². The summed E-state index contributed by atoms with van der Waals surface area (Å²) < 4.78 is 11.2. The van der Waals surface area contributed by atoms with Gasteiger partial charge in [0.2, 0.25) is 0 Å². The smallest absolute Gasteiger partial charge is 0.136 e. The zero-order chi connectivity index (χ0) is 33.5. The summed E-state index contributed by atoms with van der Waals surface area (Å²) in [7, 11) is 0. The van der Waals surface area contributed by atoms with Crippen LogP contribution in [0, 0.1) is 0 Å². The minimum absolute atomic E-state index is 0.914. The van der Waals surface area contributed by atoms with E-state index in [0.29, 0.717) is 0 Å². The van der Waals surface area contributed by atoms with Gasteiger partial charge in [0.05, 0.1) is 16.6 Å². The van der Waals surface area contributed by atoms with Crippen LogP contribution in [-0.2, 0) is 6.42 Å². The zero-order valence-corrected chi connectivity index (χ0v) is 27.9. The van der Waals surface area contributed by atoms with Gasteiger partial charge in [0, 0.05) is 44.0 Å². The van der Waals surface area contributed by atoms with Gasteiger partial charge in [0.15, 0.2) is 0 Å². The van der Waals surface area contributed by atoms with Crippen LogP contribution in [0.3, 0.4) is 0 Å². The van der Waals surface area contributed by atoms with Crippen molar-refractivity contribution in [2.45, 2.75) is 12.8 Å². The number of benzene rings is 7. The molecule has 10 aromatic rings. The standard InChI is InChI=1S/C48H32N2O/c1-2-13-31(14-3-1)33-27-34(32-15-12-16-35(28-32)49-41-21-8-4-17-37(41)38-18-5-9-22-42(38)49)30-36(29-33)50-43-23-10-6-19-39(43)47-44(50)25-26-46-48(47)40-20-7-11-24-45(40)51-46/h1-4,6-17,19-30H,5,18H2. The molecule has 0 fully saturated rings. The van der Waals surface area contributed by atoms with Gasteiger partial charge in [-0.25, -0.2) is 0 Å². The van der Waals surface area contributed by atoms with Gasteiger partial charge in [-0.2, -0.15) is 0 Å². The molecule has 3 aromatic heterocycles. The van der Waals surface area contributed by atoms with Crippen LogP contribution in [0.25, 0.3) is 94.4 Å². The molecule has 0 unspecified atom stereocenters. The van der Waals surface area contributed by atoms with Gasteiger partial charge < -0.3 is 13.6 Å². The normalized spacial score (nSPS) is 12.9.